The number of benzene rings is 1. The van der Waals surface area contributed by atoms with Crippen LogP contribution in [0.3, 0.4) is 0 Å². The van der Waals surface area contributed by atoms with Crippen LogP contribution in [0.1, 0.15) is 30.7 Å². The zero-order valence-corrected chi connectivity index (χ0v) is 16.1. The Kier molecular flexibility index (Phi) is 4.97. The summed E-state index contributed by atoms with van der Waals surface area (Å²) in [5, 5.41) is 1.25. The van der Waals surface area contributed by atoms with Crippen molar-refractivity contribution in [2.24, 2.45) is 0 Å². The van der Waals surface area contributed by atoms with Crippen LogP contribution in [0.4, 0.5) is 0 Å². The van der Waals surface area contributed by atoms with E-state index in [4.69, 9.17) is 9.16 Å². The Balaban J connectivity index is 2.04. The van der Waals surface area contributed by atoms with Gasteiger partial charge in [-0.3, -0.25) is 0 Å². The molecule has 120 valence electrons. The maximum atomic E-state index is 6.31. The van der Waals surface area contributed by atoms with Crippen molar-refractivity contribution >= 4 is 19.7 Å². The second-order valence-corrected chi connectivity index (χ2v) is 13.0. The van der Waals surface area contributed by atoms with Crippen molar-refractivity contribution in [1.82, 2.24) is 4.98 Å². The molecule has 2 aromatic rings. The van der Waals surface area contributed by atoms with Crippen molar-refractivity contribution in [2.45, 2.75) is 52.4 Å². The van der Waals surface area contributed by atoms with Gasteiger partial charge in [0.05, 0.1) is 9.88 Å². The minimum atomic E-state index is -1.82. The van der Waals surface area contributed by atoms with Crippen LogP contribution in [0.5, 0.6) is 11.5 Å². The van der Waals surface area contributed by atoms with Gasteiger partial charge in [-0.2, -0.15) is 0 Å². The van der Waals surface area contributed by atoms with Crippen molar-refractivity contribution in [2.75, 3.05) is 0 Å². The van der Waals surface area contributed by atoms with E-state index in [9.17, 15) is 0 Å². The van der Waals surface area contributed by atoms with E-state index in [0.29, 0.717) is 6.61 Å². The number of rotatable bonds is 5. The van der Waals surface area contributed by atoms with E-state index in [0.717, 1.165) is 21.4 Å². The molecule has 0 spiro atoms. The quantitative estimate of drug-likeness (QED) is 0.684. The molecule has 0 radical (unpaired) electrons. The first-order chi connectivity index (χ1) is 10.2. The van der Waals surface area contributed by atoms with Gasteiger partial charge in [-0.1, -0.05) is 26.8 Å². The van der Waals surface area contributed by atoms with Crippen LogP contribution in [0.2, 0.25) is 18.1 Å². The van der Waals surface area contributed by atoms with Gasteiger partial charge in [0, 0.05) is 12.3 Å². The first-order valence-electron chi connectivity index (χ1n) is 7.50. The lowest BCUT2D eigenvalue weighted by Gasteiger charge is -2.36. The third-order valence-electron chi connectivity index (χ3n) is 4.03. The van der Waals surface area contributed by atoms with Gasteiger partial charge in [0.1, 0.15) is 18.1 Å². The molecule has 22 heavy (non-hydrogen) atoms. The molecule has 0 bridgehead atoms. The van der Waals surface area contributed by atoms with E-state index < -0.39 is 8.32 Å². The van der Waals surface area contributed by atoms with Gasteiger partial charge in [0.15, 0.2) is 0 Å². The first kappa shape index (κ1) is 17.0. The van der Waals surface area contributed by atoms with Crippen molar-refractivity contribution in [3.05, 3.63) is 40.3 Å². The van der Waals surface area contributed by atoms with E-state index in [1.54, 1.807) is 11.3 Å². The highest BCUT2D eigenvalue weighted by Gasteiger charge is 2.38. The van der Waals surface area contributed by atoms with Gasteiger partial charge in [0.25, 0.3) is 0 Å². The van der Waals surface area contributed by atoms with Crippen LogP contribution in [0.15, 0.2) is 30.5 Å². The largest absolute Gasteiger partial charge is 0.543 e. The summed E-state index contributed by atoms with van der Waals surface area (Å²) in [4.78, 5) is 5.37. The monoisotopic (exact) mass is 335 g/mol. The van der Waals surface area contributed by atoms with Crippen molar-refractivity contribution in [3.8, 4) is 11.5 Å². The highest BCUT2D eigenvalue weighted by molar-refractivity contribution is 7.11. The smallest absolute Gasteiger partial charge is 0.250 e. The molecule has 0 aliphatic rings. The molecule has 1 aromatic carbocycles. The van der Waals surface area contributed by atoms with Crippen LogP contribution in [0.25, 0.3) is 0 Å². The summed E-state index contributed by atoms with van der Waals surface area (Å²) in [7, 11) is -1.82. The van der Waals surface area contributed by atoms with E-state index in [1.165, 1.54) is 0 Å². The third kappa shape index (κ3) is 4.33. The second kappa shape index (κ2) is 6.42. The fourth-order valence-corrected chi connectivity index (χ4v) is 3.43. The van der Waals surface area contributed by atoms with E-state index in [1.807, 2.05) is 37.4 Å². The van der Waals surface area contributed by atoms with E-state index in [-0.39, 0.29) is 5.04 Å². The Morgan fingerprint density at radius 3 is 2.45 bits per heavy atom. The lowest BCUT2D eigenvalue weighted by atomic mass is 10.2. The van der Waals surface area contributed by atoms with Crippen molar-refractivity contribution in [3.63, 3.8) is 0 Å². The average Bonchev–Trinajstić information content (AvgIpc) is 2.81. The zero-order valence-electron chi connectivity index (χ0n) is 14.3. The molecule has 0 N–H and O–H groups in total. The molecule has 3 nitrogen and oxygen atoms in total. The highest BCUT2D eigenvalue weighted by Crippen LogP contribution is 2.37. The van der Waals surface area contributed by atoms with E-state index >= 15 is 0 Å². The Hall–Kier alpha value is -1.33. The van der Waals surface area contributed by atoms with Gasteiger partial charge in [-0.15, -0.1) is 11.3 Å². The second-order valence-electron chi connectivity index (χ2n) is 6.97. The molecular formula is C17H25NO2SSi. The number of ether oxygens (including phenoxy) is 1. The number of aryl methyl sites for hydroxylation is 1. The van der Waals surface area contributed by atoms with Gasteiger partial charge >= 0.3 is 0 Å². The Morgan fingerprint density at radius 1 is 1.18 bits per heavy atom. The topological polar surface area (TPSA) is 31.4 Å². The van der Waals surface area contributed by atoms with Gasteiger partial charge in [0.2, 0.25) is 8.32 Å². The standard InChI is InChI=1S/C17H25NO2SSi/c1-13-18-11-16(21-13)12-19-14-8-7-9-15(10-14)20-22(5,6)17(2,3)4/h7-11H,12H2,1-6H3. The van der Waals surface area contributed by atoms with Crippen molar-refractivity contribution < 1.29 is 9.16 Å². The predicted octanol–water partition coefficient (Wildman–Crippen LogP) is 5.41. The van der Waals surface area contributed by atoms with Gasteiger partial charge in [-0.05, 0) is 37.2 Å². The molecule has 0 fully saturated rings. The number of aromatic nitrogens is 1. The van der Waals surface area contributed by atoms with Crippen molar-refractivity contribution in [1.29, 1.82) is 0 Å². The summed E-state index contributed by atoms with van der Waals surface area (Å²) in [6, 6.07) is 7.93. The molecular weight excluding hydrogens is 310 g/mol. The molecule has 2 rings (SSSR count). The Morgan fingerprint density at radius 2 is 1.86 bits per heavy atom. The molecule has 0 aliphatic heterocycles. The normalized spacial score (nSPS) is 12.3. The fourth-order valence-electron chi connectivity index (χ4n) is 1.70. The zero-order chi connectivity index (χ0) is 16.4. The molecule has 0 saturated heterocycles. The highest BCUT2D eigenvalue weighted by atomic mass is 32.1. The minimum Gasteiger partial charge on any atom is -0.543 e. The summed E-state index contributed by atoms with van der Waals surface area (Å²) in [5.41, 5.74) is 0. The summed E-state index contributed by atoms with van der Waals surface area (Å²) in [5.74, 6) is 1.73. The Bertz CT molecular complexity index is 632. The lowest BCUT2D eigenvalue weighted by Crippen LogP contribution is -2.43. The predicted molar refractivity (Wildman–Crippen MR) is 95.5 cm³/mol. The molecule has 1 aromatic heterocycles. The molecule has 5 heteroatoms. The molecule has 0 aliphatic carbocycles. The minimum absolute atomic E-state index is 0.185. The van der Waals surface area contributed by atoms with Gasteiger partial charge < -0.3 is 9.16 Å². The number of hydrogen-bond acceptors (Lipinski definition) is 4. The van der Waals surface area contributed by atoms with Crippen LogP contribution in [-0.2, 0) is 6.61 Å². The number of thiazole rings is 1. The molecule has 0 unspecified atom stereocenters. The third-order valence-corrected chi connectivity index (χ3v) is 9.28. The maximum Gasteiger partial charge on any atom is 0.250 e. The molecule has 1 heterocycles. The van der Waals surface area contributed by atoms with Crippen LogP contribution in [0, 0.1) is 6.92 Å². The van der Waals surface area contributed by atoms with Crippen LogP contribution < -0.4 is 9.16 Å². The Labute approximate surface area is 138 Å². The molecule has 0 saturated carbocycles. The summed E-state index contributed by atoms with van der Waals surface area (Å²) in [6.07, 6.45) is 1.87. The average molecular weight is 336 g/mol. The number of nitrogens with zero attached hydrogens (tertiary/aromatic N) is 1. The molecule has 0 amide bonds. The fraction of sp³-hybridized carbons (Fsp3) is 0.471. The maximum absolute atomic E-state index is 6.31. The van der Waals surface area contributed by atoms with Crippen LogP contribution in [-0.4, -0.2) is 13.3 Å². The molecule has 0 atom stereocenters. The summed E-state index contributed by atoms with van der Waals surface area (Å²) in [6.45, 7) is 13.8. The number of hydrogen-bond donors (Lipinski definition) is 0. The van der Waals surface area contributed by atoms with E-state index in [2.05, 4.69) is 38.8 Å². The SMILES string of the molecule is Cc1ncc(COc2cccc(O[Si](C)(C)C(C)(C)C)c2)s1. The summed E-state index contributed by atoms with van der Waals surface area (Å²) < 4.78 is 12.2. The lowest BCUT2D eigenvalue weighted by molar-refractivity contribution is 0.308. The van der Waals surface area contributed by atoms with Gasteiger partial charge in [-0.25, -0.2) is 4.98 Å². The first-order valence-corrected chi connectivity index (χ1v) is 11.2. The van der Waals surface area contributed by atoms with Crippen LogP contribution >= 0.6 is 11.3 Å². The summed E-state index contributed by atoms with van der Waals surface area (Å²) >= 11 is 1.66.